The lowest BCUT2D eigenvalue weighted by molar-refractivity contribution is -0.274. The number of alkyl halides is 3. The van der Waals surface area contributed by atoms with Crippen LogP contribution < -0.4 is 10.1 Å². The molecule has 0 spiro atoms. The first-order chi connectivity index (χ1) is 9.44. The molecule has 1 unspecified atom stereocenters. The molecule has 0 amide bonds. The van der Waals surface area contributed by atoms with Crippen LogP contribution in [-0.4, -0.2) is 33.2 Å². The average molecular weight is 291 g/mol. The third-order valence-electron chi connectivity index (χ3n) is 2.95. The number of benzene rings is 1. The van der Waals surface area contributed by atoms with Gasteiger partial charge in [0, 0.05) is 19.8 Å². The lowest BCUT2D eigenvalue weighted by atomic mass is 10.0. The van der Waals surface area contributed by atoms with Crippen LogP contribution >= 0.6 is 0 Å². The molecule has 0 saturated carbocycles. The Balaban J connectivity index is 2.50. The van der Waals surface area contributed by atoms with E-state index in [0.29, 0.717) is 6.61 Å². The summed E-state index contributed by atoms with van der Waals surface area (Å²) in [5.41, 5.74) is 0.969. The maximum absolute atomic E-state index is 12.0. The Morgan fingerprint density at radius 1 is 1.20 bits per heavy atom. The Hall–Kier alpha value is -1.27. The van der Waals surface area contributed by atoms with Crippen molar-refractivity contribution in [3.8, 4) is 5.75 Å². The van der Waals surface area contributed by atoms with E-state index in [9.17, 15) is 13.2 Å². The van der Waals surface area contributed by atoms with Gasteiger partial charge in [0.1, 0.15) is 5.75 Å². The quantitative estimate of drug-likeness (QED) is 0.746. The fourth-order valence-corrected chi connectivity index (χ4v) is 1.93. The molecule has 6 heteroatoms. The monoisotopic (exact) mass is 291 g/mol. The Morgan fingerprint density at radius 3 is 2.35 bits per heavy atom. The van der Waals surface area contributed by atoms with Gasteiger partial charge in [-0.2, -0.15) is 0 Å². The van der Waals surface area contributed by atoms with Crippen molar-refractivity contribution in [2.24, 2.45) is 0 Å². The second-order valence-electron chi connectivity index (χ2n) is 4.52. The summed E-state index contributed by atoms with van der Waals surface area (Å²) in [6.07, 6.45) is -2.00. The Bertz CT molecular complexity index is 379. The van der Waals surface area contributed by atoms with Gasteiger partial charge in [-0.3, -0.25) is 0 Å². The van der Waals surface area contributed by atoms with Crippen molar-refractivity contribution in [1.29, 1.82) is 0 Å². The highest BCUT2D eigenvalue weighted by molar-refractivity contribution is 5.27. The van der Waals surface area contributed by atoms with E-state index in [4.69, 9.17) is 4.74 Å². The number of nitrogens with one attached hydrogen (secondary N) is 1. The smallest absolute Gasteiger partial charge is 0.406 e. The highest BCUT2D eigenvalue weighted by Gasteiger charge is 2.30. The minimum absolute atomic E-state index is 0.193. The van der Waals surface area contributed by atoms with Gasteiger partial charge in [-0.1, -0.05) is 12.1 Å². The van der Waals surface area contributed by atoms with Crippen LogP contribution in [0.3, 0.4) is 0 Å². The van der Waals surface area contributed by atoms with E-state index in [1.807, 2.05) is 7.05 Å². The van der Waals surface area contributed by atoms with E-state index >= 15 is 0 Å². The Morgan fingerprint density at radius 2 is 1.85 bits per heavy atom. The van der Waals surface area contributed by atoms with Crippen LogP contribution in [0, 0.1) is 0 Å². The first-order valence-corrected chi connectivity index (χ1v) is 6.45. The van der Waals surface area contributed by atoms with Crippen molar-refractivity contribution in [2.45, 2.75) is 31.7 Å². The normalized spacial score (nSPS) is 13.2. The largest absolute Gasteiger partial charge is 0.573 e. The van der Waals surface area contributed by atoms with E-state index in [2.05, 4.69) is 10.1 Å². The molecule has 0 aliphatic carbocycles. The molecule has 0 saturated heterocycles. The standard InChI is InChI=1S/C14H20F3NO2/c1-18-12(4-3-9-19-2)10-11-5-7-13(8-6-11)20-14(15,16)17/h5-8,12,18H,3-4,9-10H2,1-2H3. The molecule has 3 nitrogen and oxygen atoms in total. The zero-order valence-corrected chi connectivity index (χ0v) is 11.7. The van der Waals surface area contributed by atoms with Crippen molar-refractivity contribution in [2.75, 3.05) is 20.8 Å². The molecule has 0 heterocycles. The fourth-order valence-electron chi connectivity index (χ4n) is 1.93. The highest BCUT2D eigenvalue weighted by atomic mass is 19.4. The van der Waals surface area contributed by atoms with E-state index in [0.717, 1.165) is 24.8 Å². The third-order valence-corrected chi connectivity index (χ3v) is 2.95. The van der Waals surface area contributed by atoms with Gasteiger partial charge in [-0.05, 0) is 44.0 Å². The Kier molecular flexibility index (Phi) is 6.81. The molecule has 0 radical (unpaired) electrons. The highest BCUT2D eigenvalue weighted by Crippen LogP contribution is 2.23. The van der Waals surface area contributed by atoms with Crippen molar-refractivity contribution in [3.05, 3.63) is 29.8 Å². The fraction of sp³-hybridized carbons (Fsp3) is 0.571. The molecule has 114 valence electrons. The molecule has 20 heavy (non-hydrogen) atoms. The summed E-state index contributed by atoms with van der Waals surface area (Å²) in [4.78, 5) is 0. The number of methoxy groups -OCH3 is 1. The van der Waals surface area contributed by atoms with Crippen LogP contribution in [-0.2, 0) is 11.2 Å². The molecule has 0 bridgehead atoms. The molecule has 0 aliphatic rings. The van der Waals surface area contributed by atoms with Crippen molar-refractivity contribution in [1.82, 2.24) is 5.32 Å². The van der Waals surface area contributed by atoms with Crippen molar-refractivity contribution < 1.29 is 22.6 Å². The Labute approximate surface area is 117 Å². The second-order valence-corrected chi connectivity index (χ2v) is 4.52. The summed E-state index contributed by atoms with van der Waals surface area (Å²) < 4.78 is 44.9. The molecule has 1 N–H and O–H groups in total. The summed E-state index contributed by atoms with van der Waals surface area (Å²) in [5, 5.41) is 3.20. The zero-order valence-electron chi connectivity index (χ0n) is 11.7. The molecular weight excluding hydrogens is 271 g/mol. The van der Waals surface area contributed by atoms with Crippen LogP contribution in [0.15, 0.2) is 24.3 Å². The molecule has 1 aromatic carbocycles. The molecular formula is C14H20F3NO2. The van der Waals surface area contributed by atoms with Gasteiger partial charge in [0.2, 0.25) is 0 Å². The maximum atomic E-state index is 12.0. The van der Waals surface area contributed by atoms with Crippen molar-refractivity contribution >= 4 is 0 Å². The minimum atomic E-state index is -4.64. The summed E-state index contributed by atoms with van der Waals surface area (Å²) in [6, 6.07) is 6.26. The predicted octanol–water partition coefficient (Wildman–Crippen LogP) is 3.14. The summed E-state index contributed by atoms with van der Waals surface area (Å²) in [6.45, 7) is 0.705. The first-order valence-electron chi connectivity index (χ1n) is 6.45. The van der Waals surface area contributed by atoms with Gasteiger partial charge in [0.25, 0.3) is 0 Å². The lowest BCUT2D eigenvalue weighted by Crippen LogP contribution is -2.27. The zero-order chi connectivity index (χ0) is 15.0. The van der Waals surface area contributed by atoms with Gasteiger partial charge in [-0.25, -0.2) is 0 Å². The van der Waals surface area contributed by atoms with Gasteiger partial charge in [0.15, 0.2) is 0 Å². The van der Waals surface area contributed by atoms with E-state index in [1.54, 1.807) is 19.2 Å². The molecule has 1 rings (SSSR count). The number of rotatable bonds is 8. The number of halogens is 3. The van der Waals surface area contributed by atoms with Crippen LogP contribution in [0.25, 0.3) is 0 Å². The van der Waals surface area contributed by atoms with Gasteiger partial charge in [0.05, 0.1) is 0 Å². The number of hydrogen-bond acceptors (Lipinski definition) is 3. The molecule has 1 aromatic rings. The number of hydrogen-bond donors (Lipinski definition) is 1. The lowest BCUT2D eigenvalue weighted by Gasteiger charge is -2.16. The number of ether oxygens (including phenoxy) is 2. The molecule has 0 aromatic heterocycles. The molecule has 0 fully saturated rings. The van der Waals surface area contributed by atoms with E-state index < -0.39 is 6.36 Å². The topological polar surface area (TPSA) is 30.5 Å². The van der Waals surface area contributed by atoms with Crippen LogP contribution in [0.1, 0.15) is 18.4 Å². The first kappa shape index (κ1) is 16.8. The maximum Gasteiger partial charge on any atom is 0.573 e. The van der Waals surface area contributed by atoms with Crippen LogP contribution in [0.5, 0.6) is 5.75 Å². The van der Waals surface area contributed by atoms with Gasteiger partial charge >= 0.3 is 6.36 Å². The van der Waals surface area contributed by atoms with Crippen LogP contribution in [0.2, 0.25) is 0 Å². The summed E-state index contributed by atoms with van der Waals surface area (Å²) in [7, 11) is 3.53. The van der Waals surface area contributed by atoms with Gasteiger partial charge in [-0.15, -0.1) is 13.2 Å². The van der Waals surface area contributed by atoms with Gasteiger partial charge < -0.3 is 14.8 Å². The SMILES string of the molecule is CNC(CCCOC)Cc1ccc(OC(F)(F)F)cc1. The molecule has 1 atom stereocenters. The molecule has 0 aliphatic heterocycles. The number of likely N-dealkylation sites (N-methyl/N-ethyl adjacent to an activating group) is 1. The third kappa shape index (κ3) is 6.77. The average Bonchev–Trinajstić information content (AvgIpc) is 2.38. The second kappa shape index (κ2) is 8.11. The minimum Gasteiger partial charge on any atom is -0.406 e. The summed E-state index contributed by atoms with van der Waals surface area (Å²) >= 11 is 0. The predicted molar refractivity (Wildman–Crippen MR) is 70.8 cm³/mol. The van der Waals surface area contributed by atoms with E-state index in [1.165, 1.54) is 12.1 Å². The summed E-state index contributed by atoms with van der Waals surface area (Å²) in [5.74, 6) is -0.193. The van der Waals surface area contributed by atoms with Crippen LogP contribution in [0.4, 0.5) is 13.2 Å². The van der Waals surface area contributed by atoms with Crippen molar-refractivity contribution in [3.63, 3.8) is 0 Å². The van der Waals surface area contributed by atoms with E-state index in [-0.39, 0.29) is 11.8 Å².